The van der Waals surface area contributed by atoms with Gasteiger partial charge in [0.2, 0.25) is 0 Å². The van der Waals surface area contributed by atoms with Gasteiger partial charge in [-0.1, -0.05) is 18.2 Å². The summed E-state index contributed by atoms with van der Waals surface area (Å²) in [6.07, 6.45) is 1.81. The zero-order valence-corrected chi connectivity index (χ0v) is 17.3. The number of sulfone groups is 1. The number of carbonyl (C=O) groups excluding carboxylic acids is 1. The first-order chi connectivity index (χ1) is 13.3. The molecule has 2 aromatic carbocycles. The Bertz CT molecular complexity index is 909. The number of amides is 1. The lowest BCUT2D eigenvalue weighted by Crippen LogP contribution is -2.25. The summed E-state index contributed by atoms with van der Waals surface area (Å²) in [6, 6.07) is 12.4. The Morgan fingerprint density at radius 3 is 2.36 bits per heavy atom. The van der Waals surface area contributed by atoms with Crippen LogP contribution in [0, 0.1) is 0 Å². The van der Waals surface area contributed by atoms with Crippen molar-refractivity contribution < 1.29 is 22.7 Å². The number of nitrogens with one attached hydrogen (secondary N) is 1. The maximum absolute atomic E-state index is 12.4. The van der Waals surface area contributed by atoms with Gasteiger partial charge in [-0.15, -0.1) is 0 Å². The Labute approximate surface area is 166 Å². The van der Waals surface area contributed by atoms with Crippen LogP contribution in [0.4, 0.5) is 0 Å². The molecule has 7 heteroatoms. The van der Waals surface area contributed by atoms with Crippen molar-refractivity contribution in [3.05, 3.63) is 59.2 Å². The summed E-state index contributed by atoms with van der Waals surface area (Å²) in [5.74, 6) is 1.09. The fraction of sp³-hybridized carbons (Fsp3) is 0.381. The molecule has 152 valence electrons. The van der Waals surface area contributed by atoms with Crippen LogP contribution in [0.5, 0.6) is 11.5 Å². The Balaban J connectivity index is 1.96. The van der Waals surface area contributed by atoms with E-state index in [0.29, 0.717) is 48.8 Å². The topological polar surface area (TPSA) is 81.7 Å². The molecule has 2 rings (SSSR count). The van der Waals surface area contributed by atoms with Crippen molar-refractivity contribution in [2.75, 3.05) is 26.0 Å². The molecule has 0 aliphatic heterocycles. The Morgan fingerprint density at radius 1 is 0.964 bits per heavy atom. The van der Waals surface area contributed by atoms with Gasteiger partial charge in [0, 0.05) is 18.4 Å². The minimum atomic E-state index is -3.14. The maximum Gasteiger partial charge on any atom is 0.251 e. The van der Waals surface area contributed by atoms with Crippen LogP contribution >= 0.6 is 0 Å². The molecule has 2 aromatic rings. The summed E-state index contributed by atoms with van der Waals surface area (Å²) in [7, 11) is -3.14. The highest BCUT2D eigenvalue weighted by molar-refractivity contribution is 7.89. The minimum absolute atomic E-state index is 0.0828. The monoisotopic (exact) mass is 405 g/mol. The van der Waals surface area contributed by atoms with E-state index in [0.717, 1.165) is 5.56 Å². The van der Waals surface area contributed by atoms with E-state index >= 15 is 0 Å². The van der Waals surface area contributed by atoms with Gasteiger partial charge in [0.05, 0.1) is 19.0 Å². The van der Waals surface area contributed by atoms with Gasteiger partial charge in [-0.2, -0.15) is 0 Å². The molecule has 0 atom stereocenters. The van der Waals surface area contributed by atoms with Crippen LogP contribution in [0.1, 0.15) is 35.3 Å². The summed E-state index contributed by atoms with van der Waals surface area (Å²) >= 11 is 0. The number of benzene rings is 2. The first-order valence-electron chi connectivity index (χ1n) is 9.25. The average Bonchev–Trinajstić information content (AvgIpc) is 2.63. The van der Waals surface area contributed by atoms with Gasteiger partial charge in [0.25, 0.3) is 5.91 Å². The molecule has 0 fully saturated rings. The predicted octanol–water partition coefficient (Wildman–Crippen LogP) is 3.00. The van der Waals surface area contributed by atoms with Crippen molar-refractivity contribution in [3.63, 3.8) is 0 Å². The smallest absolute Gasteiger partial charge is 0.251 e. The zero-order chi connectivity index (χ0) is 20.6. The van der Waals surface area contributed by atoms with E-state index < -0.39 is 9.84 Å². The standard InChI is InChI=1S/C21H27NO5S/c1-4-26-19-10-9-16(14-20(19)27-5-2)11-12-22-21(23)18-8-6-7-17(13-18)15-28(3,24)25/h6-10,13-14H,4-5,11-12,15H2,1-3H3,(H,22,23). The van der Waals surface area contributed by atoms with Crippen LogP contribution in [0.15, 0.2) is 42.5 Å². The minimum Gasteiger partial charge on any atom is -0.490 e. The summed E-state index contributed by atoms with van der Waals surface area (Å²) in [5.41, 5.74) is 2.07. The van der Waals surface area contributed by atoms with Gasteiger partial charge >= 0.3 is 0 Å². The molecular weight excluding hydrogens is 378 g/mol. The number of hydrogen-bond acceptors (Lipinski definition) is 5. The molecule has 1 N–H and O–H groups in total. The van der Waals surface area contributed by atoms with Crippen molar-refractivity contribution in [1.82, 2.24) is 5.32 Å². The molecule has 6 nitrogen and oxygen atoms in total. The molecule has 0 aliphatic rings. The highest BCUT2D eigenvalue weighted by Crippen LogP contribution is 2.28. The SMILES string of the molecule is CCOc1ccc(CCNC(=O)c2cccc(CS(C)(=O)=O)c2)cc1OCC. The van der Waals surface area contributed by atoms with E-state index in [2.05, 4.69) is 5.32 Å². The van der Waals surface area contributed by atoms with E-state index in [-0.39, 0.29) is 11.7 Å². The van der Waals surface area contributed by atoms with Crippen LogP contribution in [0.2, 0.25) is 0 Å². The number of rotatable bonds is 10. The van der Waals surface area contributed by atoms with Crippen LogP contribution in [-0.2, 0) is 22.0 Å². The molecule has 0 radical (unpaired) electrons. The van der Waals surface area contributed by atoms with Gasteiger partial charge in [-0.3, -0.25) is 4.79 Å². The van der Waals surface area contributed by atoms with Crippen LogP contribution in [0.25, 0.3) is 0 Å². The summed E-state index contributed by atoms with van der Waals surface area (Å²) in [5, 5.41) is 2.87. The van der Waals surface area contributed by atoms with E-state index in [9.17, 15) is 13.2 Å². The molecule has 0 heterocycles. The molecule has 0 saturated carbocycles. The molecule has 0 aliphatic carbocycles. The molecule has 0 saturated heterocycles. The summed E-state index contributed by atoms with van der Waals surface area (Å²) in [4.78, 5) is 12.4. The highest BCUT2D eigenvalue weighted by atomic mass is 32.2. The van der Waals surface area contributed by atoms with Gasteiger partial charge in [0.15, 0.2) is 21.3 Å². The van der Waals surface area contributed by atoms with Gasteiger partial charge in [-0.25, -0.2) is 8.42 Å². The van der Waals surface area contributed by atoms with Crippen molar-refractivity contribution in [2.45, 2.75) is 26.0 Å². The van der Waals surface area contributed by atoms with Gasteiger partial charge in [-0.05, 0) is 55.7 Å². The molecule has 0 spiro atoms. The summed E-state index contributed by atoms with van der Waals surface area (Å²) in [6.45, 7) is 5.40. The van der Waals surface area contributed by atoms with Crippen molar-refractivity contribution >= 4 is 15.7 Å². The first kappa shape index (κ1) is 21.8. The Hall–Kier alpha value is -2.54. The van der Waals surface area contributed by atoms with Crippen molar-refractivity contribution in [3.8, 4) is 11.5 Å². The van der Waals surface area contributed by atoms with E-state index in [1.54, 1.807) is 24.3 Å². The van der Waals surface area contributed by atoms with Crippen LogP contribution in [0.3, 0.4) is 0 Å². The zero-order valence-electron chi connectivity index (χ0n) is 16.5. The molecule has 1 amide bonds. The third-order valence-corrected chi connectivity index (χ3v) is 4.78. The maximum atomic E-state index is 12.4. The Morgan fingerprint density at radius 2 is 1.68 bits per heavy atom. The fourth-order valence-corrected chi connectivity index (χ4v) is 3.56. The predicted molar refractivity (Wildman–Crippen MR) is 110 cm³/mol. The Kier molecular flexibility index (Phi) is 7.87. The number of hydrogen-bond donors (Lipinski definition) is 1. The number of ether oxygens (including phenoxy) is 2. The quantitative estimate of drug-likeness (QED) is 0.657. The van der Waals surface area contributed by atoms with E-state index in [1.807, 2.05) is 32.0 Å². The lowest BCUT2D eigenvalue weighted by atomic mass is 10.1. The molecule has 28 heavy (non-hydrogen) atoms. The van der Waals surface area contributed by atoms with Gasteiger partial charge < -0.3 is 14.8 Å². The van der Waals surface area contributed by atoms with Gasteiger partial charge in [0.1, 0.15) is 0 Å². The third kappa shape index (κ3) is 6.88. The second-order valence-corrected chi connectivity index (χ2v) is 8.56. The van der Waals surface area contributed by atoms with Crippen molar-refractivity contribution in [1.29, 1.82) is 0 Å². The van der Waals surface area contributed by atoms with Crippen molar-refractivity contribution in [2.24, 2.45) is 0 Å². The largest absolute Gasteiger partial charge is 0.490 e. The lowest BCUT2D eigenvalue weighted by molar-refractivity contribution is 0.0954. The van der Waals surface area contributed by atoms with Crippen LogP contribution < -0.4 is 14.8 Å². The molecule has 0 bridgehead atoms. The summed E-state index contributed by atoms with van der Waals surface area (Å²) < 4.78 is 34.0. The lowest BCUT2D eigenvalue weighted by Gasteiger charge is -2.13. The second-order valence-electron chi connectivity index (χ2n) is 6.42. The molecular formula is C21H27NO5S. The van der Waals surface area contributed by atoms with E-state index in [4.69, 9.17) is 9.47 Å². The fourth-order valence-electron chi connectivity index (χ4n) is 2.78. The third-order valence-electron chi connectivity index (χ3n) is 3.93. The second kappa shape index (κ2) is 10.1. The normalized spacial score (nSPS) is 11.1. The van der Waals surface area contributed by atoms with Crippen LogP contribution in [-0.4, -0.2) is 40.3 Å². The molecule has 0 unspecified atom stereocenters. The highest BCUT2D eigenvalue weighted by Gasteiger charge is 2.10. The first-order valence-corrected chi connectivity index (χ1v) is 11.3. The van der Waals surface area contributed by atoms with E-state index in [1.165, 1.54) is 6.26 Å². The molecule has 0 aromatic heterocycles. The average molecular weight is 406 g/mol. The number of carbonyl (C=O) groups is 1.